The number of rotatable bonds is 4. The van der Waals surface area contributed by atoms with Crippen molar-refractivity contribution in [3.05, 3.63) is 23.2 Å². The molecule has 0 bridgehead atoms. The van der Waals surface area contributed by atoms with E-state index in [1.54, 1.807) is 0 Å². The highest BCUT2D eigenvalue weighted by atomic mass is 16.5. The van der Waals surface area contributed by atoms with E-state index in [0.29, 0.717) is 6.04 Å². The van der Waals surface area contributed by atoms with Crippen LogP contribution in [0.1, 0.15) is 44.8 Å². The number of nitrogens with one attached hydrogen (secondary N) is 1. The van der Waals surface area contributed by atoms with Crippen LogP contribution >= 0.6 is 0 Å². The molecule has 1 unspecified atom stereocenters. The molecule has 0 aromatic carbocycles. The van der Waals surface area contributed by atoms with Crippen LogP contribution in [0.5, 0.6) is 0 Å². The Kier molecular flexibility index (Phi) is 4.89. The minimum absolute atomic E-state index is 0.128. The van der Waals surface area contributed by atoms with Gasteiger partial charge >= 0.3 is 0 Å². The van der Waals surface area contributed by atoms with E-state index in [1.165, 1.54) is 5.56 Å². The second-order valence-corrected chi connectivity index (χ2v) is 6.79. The molecule has 0 radical (unpaired) electrons. The highest BCUT2D eigenvalue weighted by Crippen LogP contribution is 2.19. The average Bonchev–Trinajstić information content (AvgIpc) is 2.69. The van der Waals surface area contributed by atoms with Crippen molar-refractivity contribution in [1.82, 2.24) is 10.2 Å². The molecule has 4 heteroatoms. The summed E-state index contributed by atoms with van der Waals surface area (Å²) < 4.78 is 11.4. The Labute approximate surface area is 122 Å². The van der Waals surface area contributed by atoms with E-state index in [0.717, 1.165) is 44.4 Å². The highest BCUT2D eigenvalue weighted by Gasteiger charge is 2.21. The summed E-state index contributed by atoms with van der Waals surface area (Å²) in [5, 5.41) is 3.51. The molecule has 0 amide bonds. The van der Waals surface area contributed by atoms with Gasteiger partial charge in [-0.15, -0.1) is 0 Å². The fourth-order valence-electron chi connectivity index (χ4n) is 2.40. The number of furan rings is 1. The van der Waals surface area contributed by atoms with E-state index in [-0.39, 0.29) is 5.54 Å². The van der Waals surface area contributed by atoms with E-state index in [2.05, 4.69) is 44.0 Å². The number of hydrogen-bond acceptors (Lipinski definition) is 4. The fraction of sp³-hybridized carbons (Fsp3) is 0.750. The topological polar surface area (TPSA) is 37.6 Å². The van der Waals surface area contributed by atoms with Crippen molar-refractivity contribution in [3.8, 4) is 0 Å². The van der Waals surface area contributed by atoms with Crippen LogP contribution in [0.3, 0.4) is 0 Å². The smallest absolute Gasteiger partial charge is 0.118 e. The lowest BCUT2D eigenvalue weighted by atomic mass is 10.1. The molecule has 1 aliphatic rings. The van der Waals surface area contributed by atoms with Crippen LogP contribution in [-0.4, -0.2) is 36.2 Å². The van der Waals surface area contributed by atoms with Crippen molar-refractivity contribution in [3.63, 3.8) is 0 Å². The maximum absolute atomic E-state index is 5.91. The summed E-state index contributed by atoms with van der Waals surface area (Å²) in [6, 6.07) is 2.65. The average molecular weight is 280 g/mol. The first-order valence-electron chi connectivity index (χ1n) is 7.50. The predicted molar refractivity (Wildman–Crippen MR) is 80.7 cm³/mol. The third kappa shape index (κ3) is 4.33. The Morgan fingerprint density at radius 1 is 1.40 bits per heavy atom. The number of ether oxygens (including phenoxy) is 1. The molecule has 0 saturated carbocycles. The summed E-state index contributed by atoms with van der Waals surface area (Å²) in [6.07, 6.45) is 0. The van der Waals surface area contributed by atoms with Gasteiger partial charge in [0, 0.05) is 30.2 Å². The first-order valence-corrected chi connectivity index (χ1v) is 7.50. The third-order valence-electron chi connectivity index (χ3n) is 3.74. The zero-order valence-corrected chi connectivity index (χ0v) is 13.5. The maximum atomic E-state index is 5.91. The fourth-order valence-corrected chi connectivity index (χ4v) is 2.40. The number of morpholine rings is 1. The molecule has 1 aromatic rings. The summed E-state index contributed by atoms with van der Waals surface area (Å²) in [5.41, 5.74) is 1.39. The Bertz CT molecular complexity index is 434. The number of aryl methyl sites for hydroxylation is 1. The molecular weight excluding hydrogens is 252 g/mol. The minimum atomic E-state index is 0.128. The Morgan fingerprint density at radius 3 is 2.80 bits per heavy atom. The molecule has 0 spiro atoms. The van der Waals surface area contributed by atoms with Gasteiger partial charge in [-0.3, -0.25) is 4.90 Å². The van der Waals surface area contributed by atoms with E-state index < -0.39 is 0 Å². The minimum Gasteiger partial charge on any atom is -0.465 e. The largest absolute Gasteiger partial charge is 0.465 e. The second-order valence-electron chi connectivity index (χ2n) is 6.79. The molecule has 2 rings (SSSR count). The van der Waals surface area contributed by atoms with Gasteiger partial charge in [-0.05, 0) is 40.7 Å². The third-order valence-corrected chi connectivity index (χ3v) is 3.74. The van der Waals surface area contributed by atoms with Crippen LogP contribution in [0.2, 0.25) is 0 Å². The SMILES string of the molecule is Cc1oc(CN2CCOCC2C)cc1CNC(C)(C)C. The molecular formula is C16H28N2O2. The van der Waals surface area contributed by atoms with Crippen molar-refractivity contribution in [2.45, 2.75) is 59.3 Å². The van der Waals surface area contributed by atoms with Crippen molar-refractivity contribution < 1.29 is 9.15 Å². The number of nitrogens with zero attached hydrogens (tertiary/aromatic N) is 1. The lowest BCUT2D eigenvalue weighted by Crippen LogP contribution is -2.42. The summed E-state index contributed by atoms with van der Waals surface area (Å²) in [4.78, 5) is 2.42. The van der Waals surface area contributed by atoms with Gasteiger partial charge in [0.2, 0.25) is 0 Å². The normalized spacial score (nSPS) is 21.4. The van der Waals surface area contributed by atoms with Gasteiger partial charge in [0.1, 0.15) is 11.5 Å². The molecule has 1 atom stereocenters. The first-order chi connectivity index (χ1) is 9.35. The molecule has 20 heavy (non-hydrogen) atoms. The molecule has 2 heterocycles. The van der Waals surface area contributed by atoms with Crippen LogP contribution < -0.4 is 5.32 Å². The highest BCUT2D eigenvalue weighted by molar-refractivity contribution is 5.21. The van der Waals surface area contributed by atoms with Crippen LogP contribution in [-0.2, 0) is 17.8 Å². The van der Waals surface area contributed by atoms with Gasteiger partial charge in [0.25, 0.3) is 0 Å². The van der Waals surface area contributed by atoms with Crippen LogP contribution in [0, 0.1) is 6.92 Å². The van der Waals surface area contributed by atoms with Crippen molar-refractivity contribution in [2.24, 2.45) is 0 Å². The Hall–Kier alpha value is -0.840. The lowest BCUT2D eigenvalue weighted by molar-refractivity contribution is -0.00717. The molecule has 1 N–H and O–H groups in total. The van der Waals surface area contributed by atoms with Gasteiger partial charge in [0.05, 0.1) is 19.8 Å². The van der Waals surface area contributed by atoms with Gasteiger partial charge in [-0.25, -0.2) is 0 Å². The first kappa shape index (κ1) is 15.5. The predicted octanol–water partition coefficient (Wildman–Crippen LogP) is 2.70. The van der Waals surface area contributed by atoms with Gasteiger partial charge in [0.15, 0.2) is 0 Å². The molecule has 1 aromatic heterocycles. The van der Waals surface area contributed by atoms with E-state index in [1.807, 2.05) is 6.92 Å². The molecule has 4 nitrogen and oxygen atoms in total. The van der Waals surface area contributed by atoms with Crippen LogP contribution in [0.15, 0.2) is 10.5 Å². The molecule has 1 fully saturated rings. The quantitative estimate of drug-likeness (QED) is 0.920. The summed E-state index contributed by atoms with van der Waals surface area (Å²) in [6.45, 7) is 15.1. The molecule has 114 valence electrons. The standard InChI is InChI=1S/C16H28N2O2/c1-12-11-19-7-6-18(12)10-15-8-14(13(2)20-15)9-17-16(3,4)5/h8,12,17H,6-7,9-11H2,1-5H3. The summed E-state index contributed by atoms with van der Waals surface area (Å²) >= 11 is 0. The zero-order valence-electron chi connectivity index (χ0n) is 13.5. The second kappa shape index (κ2) is 6.29. The van der Waals surface area contributed by atoms with E-state index in [9.17, 15) is 0 Å². The molecule has 1 saturated heterocycles. The Balaban J connectivity index is 1.96. The van der Waals surface area contributed by atoms with Gasteiger partial charge < -0.3 is 14.5 Å². The monoisotopic (exact) mass is 280 g/mol. The molecule has 0 aliphatic carbocycles. The van der Waals surface area contributed by atoms with Gasteiger partial charge in [-0.2, -0.15) is 0 Å². The van der Waals surface area contributed by atoms with Crippen molar-refractivity contribution >= 4 is 0 Å². The lowest BCUT2D eigenvalue weighted by Gasteiger charge is -2.32. The summed E-state index contributed by atoms with van der Waals surface area (Å²) in [5.74, 6) is 2.08. The van der Waals surface area contributed by atoms with Crippen molar-refractivity contribution in [1.29, 1.82) is 0 Å². The molecule has 1 aliphatic heterocycles. The van der Waals surface area contributed by atoms with E-state index in [4.69, 9.17) is 9.15 Å². The number of hydrogen-bond donors (Lipinski definition) is 1. The zero-order chi connectivity index (χ0) is 14.8. The van der Waals surface area contributed by atoms with Gasteiger partial charge in [-0.1, -0.05) is 0 Å². The van der Waals surface area contributed by atoms with E-state index >= 15 is 0 Å². The summed E-state index contributed by atoms with van der Waals surface area (Å²) in [7, 11) is 0. The van der Waals surface area contributed by atoms with Crippen molar-refractivity contribution in [2.75, 3.05) is 19.8 Å². The van der Waals surface area contributed by atoms with Crippen LogP contribution in [0.4, 0.5) is 0 Å². The van der Waals surface area contributed by atoms with Crippen LogP contribution in [0.25, 0.3) is 0 Å². The Morgan fingerprint density at radius 2 is 2.15 bits per heavy atom. The maximum Gasteiger partial charge on any atom is 0.118 e.